The molecule has 3 atom stereocenters. The number of rotatable bonds is 5. The van der Waals surface area contributed by atoms with E-state index < -0.39 is 23.4 Å². The molecule has 0 radical (unpaired) electrons. The maximum atomic E-state index is 14.8. The van der Waals surface area contributed by atoms with Crippen LogP contribution in [0.25, 0.3) is 6.08 Å². The van der Waals surface area contributed by atoms with Crippen molar-refractivity contribution in [3.63, 3.8) is 0 Å². The number of halogens is 1. The fourth-order valence-electron chi connectivity index (χ4n) is 7.09. The first-order valence-electron chi connectivity index (χ1n) is 13.7. The van der Waals surface area contributed by atoms with E-state index in [1.54, 1.807) is 42.5 Å². The molecule has 7 rings (SSSR count). The number of carbonyl (C=O) groups is 3. The van der Waals surface area contributed by atoms with Crippen molar-refractivity contribution in [1.29, 1.82) is 0 Å². The fraction of sp³-hybridized carbons (Fsp3) is 0.171. The molecule has 2 aliphatic heterocycles. The summed E-state index contributed by atoms with van der Waals surface area (Å²) >= 11 is 6.38. The molecule has 1 spiro atoms. The van der Waals surface area contributed by atoms with E-state index in [2.05, 4.69) is 0 Å². The second kappa shape index (κ2) is 9.57. The Kier molecular flexibility index (Phi) is 5.95. The van der Waals surface area contributed by atoms with Crippen molar-refractivity contribution in [2.24, 2.45) is 5.41 Å². The Balaban J connectivity index is 1.57. The molecule has 1 unspecified atom stereocenters. The predicted molar refractivity (Wildman–Crippen MR) is 159 cm³/mol. The van der Waals surface area contributed by atoms with Crippen molar-refractivity contribution in [3.8, 4) is 5.75 Å². The first-order valence-corrected chi connectivity index (χ1v) is 14.1. The molecule has 0 aromatic heterocycles. The van der Waals surface area contributed by atoms with Gasteiger partial charge >= 0.3 is 0 Å². The summed E-state index contributed by atoms with van der Waals surface area (Å²) in [5, 5.41) is 0.561. The summed E-state index contributed by atoms with van der Waals surface area (Å²) in [5.74, 6) is -0.982. The zero-order valence-corrected chi connectivity index (χ0v) is 23.0. The number of para-hydroxylation sites is 1. The number of carbonyl (C=O) groups excluding carboxylic acids is 3. The van der Waals surface area contributed by atoms with E-state index in [1.165, 1.54) is 0 Å². The van der Waals surface area contributed by atoms with Gasteiger partial charge in [0.1, 0.15) is 17.2 Å². The van der Waals surface area contributed by atoms with E-state index in [0.29, 0.717) is 39.6 Å². The zero-order chi connectivity index (χ0) is 28.3. The van der Waals surface area contributed by atoms with Crippen LogP contribution in [0.4, 0.5) is 5.69 Å². The lowest BCUT2D eigenvalue weighted by Gasteiger charge is -2.37. The monoisotopic (exact) mass is 559 g/mol. The number of benzene rings is 4. The average Bonchev–Trinajstić information content (AvgIpc) is 3.43. The highest BCUT2D eigenvalue weighted by Crippen LogP contribution is 2.62. The Hall–Kier alpha value is -4.48. The lowest BCUT2D eigenvalue weighted by molar-refractivity contribution is 0.0664. The molecule has 0 saturated carbocycles. The van der Waals surface area contributed by atoms with Gasteiger partial charge in [-0.05, 0) is 36.8 Å². The van der Waals surface area contributed by atoms with Gasteiger partial charge in [0.2, 0.25) is 0 Å². The normalized spacial score (nSPS) is 21.5. The lowest BCUT2D eigenvalue weighted by Crippen LogP contribution is -2.48. The second-order valence-corrected chi connectivity index (χ2v) is 11.0. The molecule has 4 aromatic carbocycles. The van der Waals surface area contributed by atoms with Gasteiger partial charge in [-0.25, -0.2) is 0 Å². The molecule has 1 aliphatic carbocycles. The van der Waals surface area contributed by atoms with Crippen molar-refractivity contribution >= 4 is 40.7 Å². The lowest BCUT2D eigenvalue weighted by atomic mass is 9.64. The van der Waals surface area contributed by atoms with Gasteiger partial charge in [-0.15, -0.1) is 0 Å². The Morgan fingerprint density at radius 1 is 0.878 bits per heavy atom. The minimum absolute atomic E-state index is 0.170. The van der Waals surface area contributed by atoms with Crippen LogP contribution < -0.4 is 9.64 Å². The summed E-state index contributed by atoms with van der Waals surface area (Å²) in [4.78, 5) is 46.2. The van der Waals surface area contributed by atoms with Crippen LogP contribution >= 0.6 is 11.6 Å². The molecular weight excluding hydrogens is 534 g/mol. The largest absolute Gasteiger partial charge is 0.494 e. The highest BCUT2D eigenvalue weighted by Gasteiger charge is 2.71. The third kappa shape index (κ3) is 3.52. The van der Waals surface area contributed by atoms with Gasteiger partial charge in [-0.1, -0.05) is 96.5 Å². The Morgan fingerprint density at radius 3 is 2.24 bits per heavy atom. The third-order valence-corrected chi connectivity index (χ3v) is 8.88. The summed E-state index contributed by atoms with van der Waals surface area (Å²) in [5.41, 5.74) is 1.94. The molecule has 2 heterocycles. The molecule has 3 aliphatic rings. The van der Waals surface area contributed by atoms with Crippen LogP contribution in [0.15, 0.2) is 103 Å². The van der Waals surface area contributed by atoms with Crippen molar-refractivity contribution in [2.75, 3.05) is 11.5 Å². The van der Waals surface area contributed by atoms with E-state index in [4.69, 9.17) is 16.3 Å². The fourth-order valence-corrected chi connectivity index (χ4v) is 7.27. The maximum Gasteiger partial charge on any atom is 0.185 e. The molecule has 5 nitrogen and oxygen atoms in total. The number of ketones is 3. The van der Waals surface area contributed by atoms with Crippen molar-refractivity contribution in [2.45, 2.75) is 24.9 Å². The number of ether oxygens (including phenoxy) is 1. The van der Waals surface area contributed by atoms with Gasteiger partial charge in [-0.2, -0.15) is 0 Å². The van der Waals surface area contributed by atoms with Crippen LogP contribution in [0.2, 0.25) is 5.02 Å². The summed E-state index contributed by atoms with van der Waals surface area (Å²) in [6, 6.07) is 27.4. The zero-order valence-electron chi connectivity index (χ0n) is 22.3. The molecule has 0 N–H and O–H groups in total. The molecule has 41 heavy (non-hydrogen) atoms. The first kappa shape index (κ1) is 25.5. The third-order valence-electron chi connectivity index (χ3n) is 8.65. The van der Waals surface area contributed by atoms with Crippen molar-refractivity contribution in [1.82, 2.24) is 0 Å². The molecular formula is C35H26ClNO4. The van der Waals surface area contributed by atoms with Gasteiger partial charge < -0.3 is 9.64 Å². The molecule has 0 bridgehead atoms. The summed E-state index contributed by atoms with van der Waals surface area (Å²) in [6.45, 7) is 2.28. The van der Waals surface area contributed by atoms with E-state index in [1.807, 2.05) is 78.6 Å². The quantitative estimate of drug-likeness (QED) is 0.193. The number of hydrogen-bond donors (Lipinski definition) is 0. The first-order chi connectivity index (χ1) is 20.0. The van der Waals surface area contributed by atoms with E-state index in [-0.39, 0.29) is 17.3 Å². The molecule has 4 aromatic rings. The molecule has 1 saturated heterocycles. The minimum Gasteiger partial charge on any atom is -0.494 e. The van der Waals surface area contributed by atoms with Gasteiger partial charge in [0, 0.05) is 38.9 Å². The SMILES string of the molecule is CCOc1ccccc1[C@H]1[C@H](C(=O)c2ccccc2)N2c3ccc(Cl)cc3C=CC2C12C(=O)c1ccccc1C2=O. The number of nitrogens with zero attached hydrogens (tertiary/aromatic N) is 1. The maximum absolute atomic E-state index is 14.8. The van der Waals surface area contributed by atoms with Gasteiger partial charge in [0.05, 0.1) is 12.6 Å². The van der Waals surface area contributed by atoms with Crippen LogP contribution in [-0.2, 0) is 0 Å². The van der Waals surface area contributed by atoms with Crippen molar-refractivity contribution in [3.05, 3.63) is 136 Å². The Bertz CT molecular complexity index is 1730. The van der Waals surface area contributed by atoms with Gasteiger partial charge in [-0.3, -0.25) is 14.4 Å². The molecule has 202 valence electrons. The van der Waals surface area contributed by atoms with Crippen LogP contribution in [0.1, 0.15) is 55.0 Å². The van der Waals surface area contributed by atoms with Crippen LogP contribution in [-0.4, -0.2) is 36.0 Å². The van der Waals surface area contributed by atoms with E-state index >= 15 is 0 Å². The number of hydrogen-bond acceptors (Lipinski definition) is 5. The van der Waals surface area contributed by atoms with Crippen LogP contribution in [0, 0.1) is 5.41 Å². The van der Waals surface area contributed by atoms with Gasteiger partial charge in [0.15, 0.2) is 17.3 Å². The predicted octanol–water partition coefficient (Wildman–Crippen LogP) is 7.06. The highest BCUT2D eigenvalue weighted by atomic mass is 35.5. The molecule has 6 heteroatoms. The summed E-state index contributed by atoms with van der Waals surface area (Å²) < 4.78 is 6.08. The second-order valence-electron chi connectivity index (χ2n) is 10.6. The number of anilines is 1. The van der Waals surface area contributed by atoms with E-state index in [0.717, 1.165) is 11.3 Å². The average molecular weight is 560 g/mol. The van der Waals surface area contributed by atoms with Crippen molar-refractivity contribution < 1.29 is 19.1 Å². The van der Waals surface area contributed by atoms with Crippen LogP contribution in [0.5, 0.6) is 5.75 Å². The standard InChI is InChI=1S/C35H26ClNO4/c1-2-41-28-15-9-8-14-26(28)30-31(32(38)21-10-4-3-5-11-21)37-27-18-17-23(36)20-22(27)16-19-29(37)35(30)33(39)24-12-6-7-13-25(24)34(35)40/h3-20,29-31H,2H2,1H3/t29?,30-,31+/m0/s1. The Labute approximate surface area is 243 Å². The minimum atomic E-state index is -1.58. The number of fused-ring (bicyclic) bond motifs is 5. The molecule has 1 fully saturated rings. The summed E-state index contributed by atoms with van der Waals surface area (Å²) in [6.07, 6.45) is 3.81. The number of Topliss-reactive ketones (excluding diaryl/α,β-unsaturated/α-hetero) is 3. The Morgan fingerprint density at radius 2 is 1.54 bits per heavy atom. The highest BCUT2D eigenvalue weighted by molar-refractivity contribution is 6.32. The molecule has 0 amide bonds. The smallest absolute Gasteiger partial charge is 0.185 e. The van der Waals surface area contributed by atoms with E-state index in [9.17, 15) is 14.4 Å². The topological polar surface area (TPSA) is 63.7 Å². The van der Waals surface area contributed by atoms with Gasteiger partial charge in [0.25, 0.3) is 0 Å². The van der Waals surface area contributed by atoms with Crippen LogP contribution in [0.3, 0.4) is 0 Å². The summed E-state index contributed by atoms with van der Waals surface area (Å²) in [7, 11) is 0.